The molecule has 2 heterocycles. The number of hydrazine groups is 1. The Morgan fingerprint density at radius 2 is 2.42 bits per heavy atom. The Morgan fingerprint density at radius 1 is 1.58 bits per heavy atom. The van der Waals surface area contributed by atoms with Gasteiger partial charge >= 0.3 is 5.97 Å². The van der Waals surface area contributed by atoms with Crippen LogP contribution in [0, 0.1) is 0 Å². The zero-order chi connectivity index (χ0) is 13.7. The Balaban J connectivity index is 2.00. The molecule has 0 saturated carbocycles. The van der Waals surface area contributed by atoms with Crippen molar-refractivity contribution < 1.29 is 9.53 Å². The topological polar surface area (TPSA) is 93.4 Å². The summed E-state index contributed by atoms with van der Waals surface area (Å²) < 4.78 is 5.13. The third-order valence-corrected chi connectivity index (χ3v) is 3.94. The van der Waals surface area contributed by atoms with E-state index in [0.717, 1.165) is 30.8 Å². The number of carbonyl (C=O) groups is 1. The summed E-state index contributed by atoms with van der Waals surface area (Å²) in [5.41, 5.74) is 2.47. The van der Waals surface area contributed by atoms with Crippen LogP contribution in [0.4, 0.5) is 5.13 Å². The lowest BCUT2D eigenvalue weighted by Gasteiger charge is -2.33. The fourth-order valence-electron chi connectivity index (χ4n) is 2.24. The second kappa shape index (κ2) is 6.78. The minimum atomic E-state index is -0.160. The number of nitrogens with one attached hydrogen (secondary N) is 1. The maximum Gasteiger partial charge on any atom is 0.323 e. The molecule has 19 heavy (non-hydrogen) atoms. The average molecular weight is 285 g/mol. The summed E-state index contributed by atoms with van der Waals surface area (Å²) in [7, 11) is 0. The first-order valence-electron chi connectivity index (χ1n) is 6.44. The monoisotopic (exact) mass is 285 g/mol. The predicted octanol–water partition coefficient (Wildman–Crippen LogP) is 0.741. The SMILES string of the molecule is CCOC(=O)C1CCCCN1Cc1nnc(NN)s1. The summed E-state index contributed by atoms with van der Waals surface area (Å²) in [6.07, 6.45) is 3.00. The van der Waals surface area contributed by atoms with Gasteiger partial charge < -0.3 is 4.74 Å². The second-order valence-electron chi connectivity index (χ2n) is 4.38. The molecule has 8 heteroatoms. The fraction of sp³-hybridized carbons (Fsp3) is 0.727. The zero-order valence-electron chi connectivity index (χ0n) is 11.0. The molecule has 1 saturated heterocycles. The van der Waals surface area contributed by atoms with Crippen molar-refractivity contribution in [3.8, 4) is 0 Å². The van der Waals surface area contributed by atoms with E-state index < -0.39 is 0 Å². The van der Waals surface area contributed by atoms with Crippen molar-refractivity contribution in [2.75, 3.05) is 18.6 Å². The molecule has 7 nitrogen and oxygen atoms in total. The van der Waals surface area contributed by atoms with Crippen LogP contribution in [0.5, 0.6) is 0 Å². The van der Waals surface area contributed by atoms with E-state index in [2.05, 4.69) is 20.5 Å². The number of nitrogens with two attached hydrogens (primary N) is 1. The van der Waals surface area contributed by atoms with Gasteiger partial charge in [0.05, 0.1) is 13.2 Å². The smallest absolute Gasteiger partial charge is 0.323 e. The number of rotatable bonds is 5. The maximum absolute atomic E-state index is 11.9. The van der Waals surface area contributed by atoms with Crippen LogP contribution in [-0.2, 0) is 16.1 Å². The Bertz CT molecular complexity index is 425. The molecule has 2 rings (SSSR count). The second-order valence-corrected chi connectivity index (χ2v) is 5.44. The summed E-state index contributed by atoms with van der Waals surface area (Å²) >= 11 is 1.40. The minimum Gasteiger partial charge on any atom is -0.465 e. The molecule has 1 aliphatic rings. The normalized spacial score (nSPS) is 20.2. The molecule has 0 aromatic carbocycles. The Morgan fingerprint density at radius 3 is 3.11 bits per heavy atom. The van der Waals surface area contributed by atoms with Crippen LogP contribution < -0.4 is 11.3 Å². The van der Waals surface area contributed by atoms with Crippen LogP contribution >= 0.6 is 11.3 Å². The molecule has 0 bridgehead atoms. The fourth-order valence-corrected chi connectivity index (χ4v) is 2.91. The van der Waals surface area contributed by atoms with Crippen molar-refractivity contribution in [1.29, 1.82) is 0 Å². The maximum atomic E-state index is 11.9. The number of nitrogens with zero attached hydrogens (tertiary/aromatic N) is 3. The van der Waals surface area contributed by atoms with E-state index in [1.807, 2.05) is 6.92 Å². The van der Waals surface area contributed by atoms with E-state index in [0.29, 0.717) is 18.3 Å². The van der Waals surface area contributed by atoms with Gasteiger partial charge in [-0.15, -0.1) is 10.2 Å². The van der Waals surface area contributed by atoms with E-state index in [1.54, 1.807) is 0 Å². The molecule has 1 aromatic rings. The standard InChI is InChI=1S/C11H19N5O2S/c1-2-18-10(17)8-5-3-4-6-16(8)7-9-14-15-11(13-12)19-9/h8H,2-7,12H2,1H3,(H,13,15). The quantitative estimate of drug-likeness (QED) is 0.468. The molecule has 1 aromatic heterocycles. The highest BCUT2D eigenvalue weighted by atomic mass is 32.1. The van der Waals surface area contributed by atoms with Crippen LogP contribution in [0.1, 0.15) is 31.2 Å². The van der Waals surface area contributed by atoms with Gasteiger partial charge in [0.2, 0.25) is 5.13 Å². The van der Waals surface area contributed by atoms with Crippen LogP contribution in [0.15, 0.2) is 0 Å². The molecule has 106 valence electrons. The van der Waals surface area contributed by atoms with E-state index in [9.17, 15) is 4.79 Å². The zero-order valence-corrected chi connectivity index (χ0v) is 11.8. The predicted molar refractivity (Wildman–Crippen MR) is 72.4 cm³/mol. The number of aromatic nitrogens is 2. The first-order chi connectivity index (χ1) is 9.24. The number of likely N-dealkylation sites (tertiary alicyclic amines) is 1. The number of nitrogen functional groups attached to an aromatic ring is 1. The molecule has 0 radical (unpaired) electrons. The number of hydrogen-bond donors (Lipinski definition) is 2. The van der Waals surface area contributed by atoms with Gasteiger partial charge in [-0.3, -0.25) is 15.1 Å². The van der Waals surface area contributed by atoms with Crippen LogP contribution in [-0.4, -0.2) is 40.3 Å². The third-order valence-electron chi connectivity index (χ3n) is 3.10. The molecule has 0 aliphatic carbocycles. The van der Waals surface area contributed by atoms with Crippen molar-refractivity contribution in [2.45, 2.75) is 38.8 Å². The molecule has 1 aliphatic heterocycles. The van der Waals surface area contributed by atoms with Crippen molar-refractivity contribution in [3.63, 3.8) is 0 Å². The summed E-state index contributed by atoms with van der Waals surface area (Å²) in [5, 5.41) is 9.38. The van der Waals surface area contributed by atoms with Crippen molar-refractivity contribution in [1.82, 2.24) is 15.1 Å². The number of ether oxygens (including phenoxy) is 1. The minimum absolute atomic E-state index is 0.135. The number of carbonyl (C=O) groups excluding carboxylic acids is 1. The lowest BCUT2D eigenvalue weighted by atomic mass is 10.0. The van der Waals surface area contributed by atoms with E-state index in [-0.39, 0.29) is 12.0 Å². The number of anilines is 1. The highest BCUT2D eigenvalue weighted by Gasteiger charge is 2.30. The number of piperidine rings is 1. The van der Waals surface area contributed by atoms with Gasteiger partial charge in [-0.2, -0.15) is 0 Å². The average Bonchev–Trinajstić information content (AvgIpc) is 2.87. The lowest BCUT2D eigenvalue weighted by Crippen LogP contribution is -2.44. The number of esters is 1. The molecular formula is C11H19N5O2S. The first kappa shape index (κ1) is 14.2. The van der Waals surface area contributed by atoms with Gasteiger partial charge in [0, 0.05) is 0 Å². The Kier molecular flexibility index (Phi) is 5.06. The van der Waals surface area contributed by atoms with Gasteiger partial charge in [-0.1, -0.05) is 17.8 Å². The van der Waals surface area contributed by atoms with E-state index >= 15 is 0 Å². The molecule has 3 N–H and O–H groups in total. The molecule has 1 fully saturated rings. The third kappa shape index (κ3) is 3.62. The number of hydrogen-bond acceptors (Lipinski definition) is 8. The van der Waals surface area contributed by atoms with Gasteiger partial charge in [0.15, 0.2) is 0 Å². The largest absolute Gasteiger partial charge is 0.465 e. The summed E-state index contributed by atoms with van der Waals surface area (Å²) in [5.74, 6) is 5.15. The molecule has 0 spiro atoms. The Hall–Kier alpha value is -1.25. The van der Waals surface area contributed by atoms with E-state index in [4.69, 9.17) is 10.6 Å². The summed E-state index contributed by atoms with van der Waals surface area (Å²) in [6.45, 7) is 3.75. The van der Waals surface area contributed by atoms with Crippen molar-refractivity contribution >= 4 is 22.4 Å². The lowest BCUT2D eigenvalue weighted by molar-refractivity contribution is -0.151. The highest BCUT2D eigenvalue weighted by Crippen LogP contribution is 2.23. The van der Waals surface area contributed by atoms with Crippen molar-refractivity contribution in [3.05, 3.63) is 5.01 Å². The summed E-state index contributed by atoms with van der Waals surface area (Å²) in [4.78, 5) is 14.0. The van der Waals surface area contributed by atoms with Crippen LogP contribution in [0.25, 0.3) is 0 Å². The summed E-state index contributed by atoms with van der Waals surface area (Å²) in [6, 6.07) is -0.160. The van der Waals surface area contributed by atoms with Gasteiger partial charge in [-0.05, 0) is 26.3 Å². The molecular weight excluding hydrogens is 266 g/mol. The highest BCUT2D eigenvalue weighted by molar-refractivity contribution is 7.15. The molecule has 1 atom stereocenters. The van der Waals surface area contributed by atoms with Crippen molar-refractivity contribution in [2.24, 2.45) is 5.84 Å². The Labute approximate surface area is 116 Å². The first-order valence-corrected chi connectivity index (χ1v) is 7.26. The van der Waals surface area contributed by atoms with Gasteiger partial charge in [0.1, 0.15) is 11.0 Å². The van der Waals surface area contributed by atoms with Gasteiger partial charge in [-0.25, -0.2) is 5.84 Å². The molecule has 1 unspecified atom stereocenters. The van der Waals surface area contributed by atoms with E-state index in [1.165, 1.54) is 11.3 Å². The van der Waals surface area contributed by atoms with Crippen LogP contribution in [0.2, 0.25) is 0 Å². The molecule has 0 amide bonds. The van der Waals surface area contributed by atoms with Crippen LogP contribution in [0.3, 0.4) is 0 Å². The van der Waals surface area contributed by atoms with Gasteiger partial charge in [0.25, 0.3) is 0 Å².